The first kappa shape index (κ1) is 14.7. The average Bonchev–Trinajstić information content (AvgIpc) is 2.22. The van der Waals surface area contributed by atoms with Gasteiger partial charge in [0.25, 0.3) is 0 Å². The van der Waals surface area contributed by atoms with Gasteiger partial charge in [-0.25, -0.2) is 0 Å². The lowest BCUT2D eigenvalue weighted by Gasteiger charge is -2.32. The number of hydrogen-bond acceptors (Lipinski definition) is 2. The van der Waals surface area contributed by atoms with Crippen molar-refractivity contribution in [3.8, 4) is 0 Å². The summed E-state index contributed by atoms with van der Waals surface area (Å²) in [5.41, 5.74) is 0.880. The minimum Gasteiger partial charge on any atom is -0.351 e. The molecule has 1 fully saturated rings. The van der Waals surface area contributed by atoms with E-state index in [1.54, 1.807) is 10.2 Å². The van der Waals surface area contributed by atoms with Crippen molar-refractivity contribution in [1.82, 2.24) is 10.2 Å². The highest BCUT2D eigenvalue weighted by Crippen LogP contribution is 2.26. The van der Waals surface area contributed by atoms with E-state index in [-0.39, 0.29) is 11.5 Å². The van der Waals surface area contributed by atoms with E-state index in [2.05, 4.69) is 6.58 Å². The van der Waals surface area contributed by atoms with E-state index in [4.69, 9.17) is 7.85 Å². The largest absolute Gasteiger partial charge is 0.471 e. The number of carbonyl (C=O) groups is 1. The molecule has 0 aliphatic carbocycles. The molecule has 1 rings (SSSR count). The molecule has 1 amide bonds. The number of nitrogens with zero attached hydrogens (tertiary/aromatic N) is 1. The van der Waals surface area contributed by atoms with Gasteiger partial charge in [-0.3, -0.25) is 4.79 Å². The maximum Gasteiger partial charge on any atom is 0.471 e. The third kappa shape index (κ3) is 4.12. The number of rotatable bonds is 2. The lowest BCUT2D eigenvalue weighted by molar-refractivity contribution is -0.172. The highest BCUT2D eigenvalue weighted by Gasteiger charge is 2.38. The Bertz CT molecular complexity index is 379. The maximum atomic E-state index is 12.0. The van der Waals surface area contributed by atoms with Crippen LogP contribution in [0.4, 0.5) is 13.2 Å². The Labute approximate surface area is 105 Å². The van der Waals surface area contributed by atoms with E-state index < -0.39 is 12.1 Å². The van der Waals surface area contributed by atoms with Crippen molar-refractivity contribution in [3.05, 3.63) is 24.2 Å². The number of halogens is 3. The van der Waals surface area contributed by atoms with Crippen LogP contribution in [0.2, 0.25) is 5.82 Å². The third-order valence-corrected chi connectivity index (χ3v) is 2.56. The zero-order chi connectivity index (χ0) is 13.9. The minimum absolute atomic E-state index is 0.0436. The molecule has 0 aromatic rings. The van der Waals surface area contributed by atoms with Gasteiger partial charge in [0.05, 0.1) is 7.85 Å². The van der Waals surface area contributed by atoms with Crippen LogP contribution >= 0.6 is 0 Å². The second-order valence-corrected chi connectivity index (χ2v) is 4.28. The maximum absolute atomic E-state index is 12.0. The first-order valence-electron chi connectivity index (χ1n) is 5.46. The lowest BCUT2D eigenvalue weighted by Crippen LogP contribution is -2.36. The van der Waals surface area contributed by atoms with Crippen molar-refractivity contribution in [2.75, 3.05) is 6.54 Å². The first-order valence-corrected chi connectivity index (χ1v) is 5.46. The molecule has 0 aromatic carbocycles. The van der Waals surface area contributed by atoms with Crippen molar-refractivity contribution in [3.63, 3.8) is 0 Å². The monoisotopic (exact) mass is 258 g/mol. The molecule has 1 atom stereocenters. The molecule has 1 heterocycles. The summed E-state index contributed by atoms with van der Waals surface area (Å²) < 4.78 is 36.1. The number of piperidine rings is 1. The van der Waals surface area contributed by atoms with E-state index >= 15 is 0 Å². The fourth-order valence-electron chi connectivity index (χ4n) is 1.63. The summed E-state index contributed by atoms with van der Waals surface area (Å²) in [6.07, 6.45) is -1.97. The minimum atomic E-state index is -4.88. The van der Waals surface area contributed by atoms with E-state index in [1.807, 2.05) is 0 Å². The van der Waals surface area contributed by atoms with Crippen LogP contribution in [0.5, 0.6) is 0 Å². The molecule has 1 unspecified atom stereocenters. The Morgan fingerprint density at radius 1 is 1.61 bits per heavy atom. The zero-order valence-corrected chi connectivity index (χ0v) is 10.0. The van der Waals surface area contributed by atoms with Gasteiger partial charge < -0.3 is 10.2 Å². The van der Waals surface area contributed by atoms with Crippen LogP contribution < -0.4 is 5.32 Å². The van der Waals surface area contributed by atoms with E-state index in [1.165, 1.54) is 13.1 Å². The number of likely N-dealkylation sites (tertiary alicyclic amines) is 1. The first-order chi connectivity index (χ1) is 8.20. The molecule has 98 valence electrons. The van der Waals surface area contributed by atoms with Crippen molar-refractivity contribution in [1.29, 1.82) is 0 Å². The Hall–Kier alpha value is -1.40. The summed E-state index contributed by atoms with van der Waals surface area (Å²) in [6.45, 7) is 5.67. The van der Waals surface area contributed by atoms with Gasteiger partial charge in [-0.1, -0.05) is 18.8 Å². The summed E-state index contributed by atoms with van der Waals surface area (Å²) in [7, 11) is 5.75. The normalized spacial score (nSPS) is 22.0. The number of hydrogen-bond donors (Lipinski definition) is 1. The van der Waals surface area contributed by atoms with Gasteiger partial charge in [-0.05, 0) is 13.3 Å². The van der Waals surface area contributed by atoms with Gasteiger partial charge in [-0.2, -0.15) is 13.2 Å². The SMILES string of the molecule is [B]C1CCC(=C)N(/C=C(\C)NC(=O)C(F)(F)F)C1. The third-order valence-electron chi connectivity index (χ3n) is 2.56. The van der Waals surface area contributed by atoms with Crippen molar-refractivity contribution < 1.29 is 18.0 Å². The predicted molar refractivity (Wildman–Crippen MR) is 62.5 cm³/mol. The van der Waals surface area contributed by atoms with Gasteiger partial charge in [-0.15, -0.1) is 0 Å². The molecular formula is C11H14BF3N2O. The number of nitrogens with one attached hydrogen (secondary N) is 1. The van der Waals surface area contributed by atoms with Crippen molar-refractivity contribution in [2.24, 2.45) is 0 Å². The van der Waals surface area contributed by atoms with Crippen LogP contribution in [0, 0.1) is 0 Å². The van der Waals surface area contributed by atoms with Gasteiger partial charge >= 0.3 is 12.1 Å². The van der Waals surface area contributed by atoms with Gasteiger partial charge in [0.1, 0.15) is 0 Å². The number of amides is 1. The van der Waals surface area contributed by atoms with E-state index in [0.29, 0.717) is 13.0 Å². The second-order valence-electron chi connectivity index (χ2n) is 4.28. The lowest BCUT2D eigenvalue weighted by atomic mass is 9.80. The molecule has 1 aliphatic heterocycles. The van der Waals surface area contributed by atoms with Crippen LogP contribution in [0.3, 0.4) is 0 Å². The smallest absolute Gasteiger partial charge is 0.351 e. The number of alkyl halides is 3. The quantitative estimate of drug-likeness (QED) is 0.769. The summed E-state index contributed by atoms with van der Waals surface area (Å²) in [4.78, 5) is 12.4. The Balaban J connectivity index is 2.65. The molecule has 1 saturated heterocycles. The summed E-state index contributed by atoms with van der Waals surface area (Å²) in [5, 5.41) is 1.78. The number of carbonyl (C=O) groups excluding carboxylic acids is 1. The highest BCUT2D eigenvalue weighted by atomic mass is 19.4. The molecule has 7 heteroatoms. The summed E-state index contributed by atoms with van der Waals surface area (Å²) >= 11 is 0. The van der Waals surface area contributed by atoms with Crippen molar-refractivity contribution >= 4 is 13.8 Å². The van der Waals surface area contributed by atoms with Gasteiger partial charge in [0.2, 0.25) is 0 Å². The topological polar surface area (TPSA) is 32.3 Å². The van der Waals surface area contributed by atoms with Gasteiger partial charge in [0, 0.05) is 24.1 Å². The fourth-order valence-corrected chi connectivity index (χ4v) is 1.63. The molecule has 3 nitrogen and oxygen atoms in total. The van der Waals surface area contributed by atoms with Crippen LogP contribution in [-0.4, -0.2) is 31.4 Å². The molecule has 0 spiro atoms. The van der Waals surface area contributed by atoms with E-state index in [9.17, 15) is 18.0 Å². The van der Waals surface area contributed by atoms with Crippen LogP contribution in [-0.2, 0) is 4.79 Å². The Kier molecular flexibility index (Phi) is 4.48. The highest BCUT2D eigenvalue weighted by molar-refractivity contribution is 6.11. The second kappa shape index (κ2) is 5.50. The fraction of sp³-hybridized carbons (Fsp3) is 0.545. The van der Waals surface area contributed by atoms with Gasteiger partial charge in [0.15, 0.2) is 0 Å². The number of allylic oxidation sites excluding steroid dienone is 2. The Morgan fingerprint density at radius 3 is 2.78 bits per heavy atom. The Morgan fingerprint density at radius 2 is 2.22 bits per heavy atom. The van der Waals surface area contributed by atoms with Crippen LogP contribution in [0.15, 0.2) is 24.2 Å². The average molecular weight is 258 g/mol. The standard InChI is InChI=1S/C11H14BF3N2O/c1-7(16-10(18)11(13,14)15)5-17-6-9(12)4-3-8(17)2/h5,9H,2-4,6H2,1H3,(H,16,18)/b7-5+. The summed E-state index contributed by atoms with van der Waals surface area (Å²) in [5.74, 6) is -2.03. The van der Waals surface area contributed by atoms with Crippen LogP contribution in [0.25, 0.3) is 0 Å². The zero-order valence-electron chi connectivity index (χ0n) is 10.0. The van der Waals surface area contributed by atoms with E-state index in [0.717, 1.165) is 12.1 Å². The predicted octanol–water partition coefficient (Wildman–Crippen LogP) is 2.09. The molecule has 0 aromatic heterocycles. The molecule has 0 bridgehead atoms. The van der Waals surface area contributed by atoms with Crippen molar-refractivity contribution in [2.45, 2.75) is 31.8 Å². The van der Waals surface area contributed by atoms with Crippen LogP contribution in [0.1, 0.15) is 19.8 Å². The molecule has 18 heavy (non-hydrogen) atoms. The molecule has 0 saturated carbocycles. The molecule has 2 radical (unpaired) electrons. The molecule has 1 aliphatic rings. The summed E-state index contributed by atoms with van der Waals surface area (Å²) in [6, 6.07) is 0. The molecular weight excluding hydrogens is 244 g/mol. The molecule has 1 N–H and O–H groups in total.